The summed E-state index contributed by atoms with van der Waals surface area (Å²) in [5.74, 6) is -0.263. The fourth-order valence-electron chi connectivity index (χ4n) is 4.12. The van der Waals surface area contributed by atoms with Gasteiger partial charge >= 0.3 is 6.09 Å². The summed E-state index contributed by atoms with van der Waals surface area (Å²) in [5, 5.41) is 0. The van der Waals surface area contributed by atoms with E-state index in [1.54, 1.807) is 16.7 Å². The summed E-state index contributed by atoms with van der Waals surface area (Å²) >= 11 is 0. The van der Waals surface area contributed by atoms with Crippen LogP contribution in [0, 0.1) is 5.92 Å². The third-order valence-electron chi connectivity index (χ3n) is 5.59. The molecule has 2 fully saturated rings. The predicted molar refractivity (Wildman–Crippen MR) is 106 cm³/mol. The van der Waals surface area contributed by atoms with Gasteiger partial charge in [-0.2, -0.15) is 0 Å². The molecule has 1 aromatic rings. The molecule has 2 aliphatic rings. The lowest BCUT2D eigenvalue weighted by Crippen LogP contribution is -2.47. The first kappa shape index (κ1) is 20.2. The fraction of sp³-hybridized carbons (Fsp3) is 0.571. The molecule has 0 bridgehead atoms. The van der Waals surface area contributed by atoms with Gasteiger partial charge in [-0.15, -0.1) is 0 Å². The second-order valence-electron chi connectivity index (χ2n) is 7.28. The molecule has 3 amide bonds. The van der Waals surface area contributed by atoms with E-state index in [9.17, 15) is 14.4 Å². The fourth-order valence-corrected chi connectivity index (χ4v) is 4.12. The second-order valence-corrected chi connectivity index (χ2v) is 7.28. The van der Waals surface area contributed by atoms with Crippen molar-refractivity contribution in [3.05, 3.63) is 30.3 Å². The SMILES string of the molecule is CCOC(=O)N1CCC(N2CC(C(=O)N(CC)c3ccccc3)CC2=O)CC1. The third-order valence-corrected chi connectivity index (χ3v) is 5.59. The number of ether oxygens (including phenoxy) is 1. The number of hydrogen-bond acceptors (Lipinski definition) is 4. The number of amides is 3. The van der Waals surface area contributed by atoms with Crippen LogP contribution in [-0.2, 0) is 14.3 Å². The Bertz CT molecular complexity index is 701. The molecule has 0 radical (unpaired) electrons. The van der Waals surface area contributed by atoms with Gasteiger partial charge in [-0.1, -0.05) is 18.2 Å². The highest BCUT2D eigenvalue weighted by atomic mass is 16.6. The Kier molecular flexibility index (Phi) is 6.54. The van der Waals surface area contributed by atoms with E-state index in [0.717, 1.165) is 18.5 Å². The molecule has 1 atom stereocenters. The van der Waals surface area contributed by atoms with E-state index in [4.69, 9.17) is 4.74 Å². The third kappa shape index (κ3) is 4.29. The van der Waals surface area contributed by atoms with Crippen molar-refractivity contribution in [2.45, 2.75) is 39.2 Å². The highest BCUT2D eigenvalue weighted by Gasteiger charge is 2.40. The molecule has 0 aliphatic carbocycles. The van der Waals surface area contributed by atoms with Gasteiger partial charge in [0.05, 0.1) is 12.5 Å². The maximum Gasteiger partial charge on any atom is 0.409 e. The molecule has 2 aliphatic heterocycles. The first-order valence-corrected chi connectivity index (χ1v) is 10.1. The van der Waals surface area contributed by atoms with Gasteiger partial charge in [0.2, 0.25) is 11.8 Å². The van der Waals surface area contributed by atoms with Crippen molar-refractivity contribution < 1.29 is 19.1 Å². The molecular formula is C21H29N3O4. The van der Waals surface area contributed by atoms with Crippen molar-refractivity contribution in [2.75, 3.05) is 37.7 Å². The number of nitrogens with zero attached hydrogens (tertiary/aromatic N) is 3. The Balaban J connectivity index is 1.59. The van der Waals surface area contributed by atoms with Gasteiger partial charge < -0.3 is 19.4 Å². The largest absolute Gasteiger partial charge is 0.450 e. The van der Waals surface area contributed by atoms with Gasteiger partial charge in [-0.25, -0.2) is 4.79 Å². The number of para-hydroxylation sites is 1. The lowest BCUT2D eigenvalue weighted by Gasteiger charge is -2.36. The molecule has 28 heavy (non-hydrogen) atoms. The molecule has 7 nitrogen and oxygen atoms in total. The van der Waals surface area contributed by atoms with Gasteiger partial charge in [0.25, 0.3) is 0 Å². The number of hydrogen-bond donors (Lipinski definition) is 0. The Morgan fingerprint density at radius 2 is 1.82 bits per heavy atom. The van der Waals surface area contributed by atoms with Gasteiger partial charge in [0.15, 0.2) is 0 Å². The highest BCUT2D eigenvalue weighted by molar-refractivity contribution is 5.99. The van der Waals surface area contributed by atoms with E-state index >= 15 is 0 Å². The number of anilines is 1. The normalized spacial score (nSPS) is 20.4. The van der Waals surface area contributed by atoms with E-state index in [1.165, 1.54) is 0 Å². The van der Waals surface area contributed by atoms with Crippen molar-refractivity contribution in [1.82, 2.24) is 9.80 Å². The van der Waals surface area contributed by atoms with E-state index in [1.807, 2.05) is 42.2 Å². The quantitative estimate of drug-likeness (QED) is 0.778. The van der Waals surface area contributed by atoms with Crippen molar-refractivity contribution in [3.8, 4) is 0 Å². The standard InChI is InChI=1S/C21H29N3O4/c1-3-23(17-8-6-5-7-9-17)20(26)16-14-19(25)24(15-16)18-10-12-22(13-11-18)21(27)28-4-2/h5-9,16,18H,3-4,10-15H2,1-2H3. The van der Waals surface area contributed by atoms with Crippen molar-refractivity contribution in [3.63, 3.8) is 0 Å². The van der Waals surface area contributed by atoms with Crippen LogP contribution in [0.15, 0.2) is 30.3 Å². The number of carbonyl (C=O) groups excluding carboxylic acids is 3. The molecule has 1 aromatic carbocycles. The molecule has 0 aromatic heterocycles. The van der Waals surface area contributed by atoms with Crippen LogP contribution in [0.1, 0.15) is 33.1 Å². The molecule has 0 N–H and O–H groups in total. The Labute approximate surface area is 166 Å². The van der Waals surface area contributed by atoms with Crippen molar-refractivity contribution >= 4 is 23.6 Å². The number of benzene rings is 1. The zero-order valence-electron chi connectivity index (χ0n) is 16.7. The van der Waals surface area contributed by atoms with Crippen molar-refractivity contribution in [1.29, 1.82) is 0 Å². The Hall–Kier alpha value is -2.57. The molecule has 2 saturated heterocycles. The summed E-state index contributed by atoms with van der Waals surface area (Å²) in [5.41, 5.74) is 0.864. The van der Waals surface area contributed by atoms with Crippen LogP contribution in [0.3, 0.4) is 0 Å². The minimum absolute atomic E-state index is 0.00788. The number of rotatable bonds is 5. The summed E-state index contributed by atoms with van der Waals surface area (Å²) in [4.78, 5) is 42.8. The summed E-state index contributed by atoms with van der Waals surface area (Å²) in [7, 11) is 0. The molecule has 0 spiro atoms. The van der Waals surface area contributed by atoms with Crippen LogP contribution < -0.4 is 4.90 Å². The van der Waals surface area contributed by atoms with Crippen molar-refractivity contribution in [2.24, 2.45) is 5.92 Å². The van der Waals surface area contributed by atoms with Gasteiger partial charge in [-0.3, -0.25) is 9.59 Å². The van der Waals surface area contributed by atoms with Gasteiger partial charge in [0, 0.05) is 44.3 Å². The lowest BCUT2D eigenvalue weighted by molar-refractivity contribution is -0.130. The lowest BCUT2D eigenvalue weighted by atomic mass is 10.0. The average Bonchev–Trinajstić information content (AvgIpc) is 3.11. The maximum absolute atomic E-state index is 13.0. The second kappa shape index (κ2) is 9.08. The predicted octanol–water partition coefficient (Wildman–Crippen LogP) is 2.51. The summed E-state index contributed by atoms with van der Waals surface area (Å²) in [6.07, 6.45) is 1.42. The van der Waals surface area contributed by atoms with E-state index < -0.39 is 0 Å². The molecule has 0 saturated carbocycles. The number of likely N-dealkylation sites (tertiary alicyclic amines) is 2. The number of carbonyl (C=O) groups is 3. The zero-order chi connectivity index (χ0) is 20.1. The molecule has 152 valence electrons. The molecule has 7 heteroatoms. The smallest absolute Gasteiger partial charge is 0.409 e. The van der Waals surface area contributed by atoms with Crippen LogP contribution in [-0.4, -0.2) is 66.5 Å². The van der Waals surface area contributed by atoms with Crippen LogP contribution in [0.4, 0.5) is 10.5 Å². The van der Waals surface area contributed by atoms with Gasteiger partial charge in [-0.05, 0) is 38.8 Å². The molecule has 3 rings (SSSR count). The Morgan fingerprint density at radius 3 is 2.43 bits per heavy atom. The van der Waals surface area contributed by atoms with E-state index in [-0.39, 0.29) is 36.3 Å². The molecule has 2 heterocycles. The monoisotopic (exact) mass is 387 g/mol. The molecule has 1 unspecified atom stereocenters. The average molecular weight is 387 g/mol. The Morgan fingerprint density at radius 1 is 1.14 bits per heavy atom. The number of piperidine rings is 1. The minimum Gasteiger partial charge on any atom is -0.450 e. The maximum atomic E-state index is 13.0. The van der Waals surface area contributed by atoms with E-state index in [2.05, 4.69) is 0 Å². The topological polar surface area (TPSA) is 70.2 Å². The zero-order valence-corrected chi connectivity index (χ0v) is 16.7. The molecular weight excluding hydrogens is 358 g/mol. The van der Waals surface area contributed by atoms with Crippen LogP contribution in [0.5, 0.6) is 0 Å². The summed E-state index contributed by atoms with van der Waals surface area (Å²) in [6, 6.07) is 9.67. The van der Waals surface area contributed by atoms with Crippen LogP contribution in [0.2, 0.25) is 0 Å². The van der Waals surface area contributed by atoms with E-state index in [0.29, 0.717) is 32.8 Å². The summed E-state index contributed by atoms with van der Waals surface area (Å²) < 4.78 is 5.05. The highest BCUT2D eigenvalue weighted by Crippen LogP contribution is 2.28. The summed E-state index contributed by atoms with van der Waals surface area (Å²) in [6.45, 7) is 6.30. The minimum atomic E-state index is -0.309. The first-order valence-electron chi connectivity index (χ1n) is 10.1. The van der Waals surface area contributed by atoms with Gasteiger partial charge in [0.1, 0.15) is 0 Å². The van der Waals surface area contributed by atoms with Crippen LogP contribution in [0.25, 0.3) is 0 Å². The first-order chi connectivity index (χ1) is 13.5. The van der Waals surface area contributed by atoms with Crippen LogP contribution >= 0.6 is 0 Å².